The molecule has 1 rings (SSSR count). The molecule has 16 heavy (non-hydrogen) atoms. The zero-order valence-corrected chi connectivity index (χ0v) is 10.6. The Balaban J connectivity index is 1.99. The van der Waals surface area contributed by atoms with Crippen molar-refractivity contribution in [3.05, 3.63) is 0 Å². The summed E-state index contributed by atoms with van der Waals surface area (Å²) in [6.45, 7) is 1.66. The predicted octanol–water partition coefficient (Wildman–Crippen LogP) is 3.61. The normalized spacial score (nSPS) is 19.6. The van der Waals surface area contributed by atoms with Crippen LogP contribution in [-0.4, -0.2) is 16.5 Å². The molecule has 0 aromatic rings. The van der Waals surface area contributed by atoms with Crippen molar-refractivity contribution in [3.63, 3.8) is 0 Å². The van der Waals surface area contributed by atoms with Crippen molar-refractivity contribution >= 4 is 5.78 Å². The highest BCUT2D eigenvalue weighted by Gasteiger charge is 2.27. The van der Waals surface area contributed by atoms with E-state index in [9.17, 15) is 9.90 Å². The molecule has 0 aromatic heterocycles. The van der Waals surface area contributed by atoms with Gasteiger partial charge in [0.05, 0.1) is 5.60 Å². The van der Waals surface area contributed by atoms with Gasteiger partial charge in [0.15, 0.2) is 0 Å². The maximum absolute atomic E-state index is 10.7. The van der Waals surface area contributed by atoms with Crippen LogP contribution in [0.1, 0.15) is 77.6 Å². The van der Waals surface area contributed by atoms with Crippen LogP contribution in [0, 0.1) is 0 Å². The van der Waals surface area contributed by atoms with Gasteiger partial charge in [0.25, 0.3) is 0 Å². The van der Waals surface area contributed by atoms with Gasteiger partial charge in [-0.2, -0.15) is 0 Å². The number of hydrogen-bond acceptors (Lipinski definition) is 2. The van der Waals surface area contributed by atoms with Crippen LogP contribution in [0.25, 0.3) is 0 Å². The second-order valence-electron chi connectivity index (χ2n) is 5.40. The summed E-state index contributed by atoms with van der Waals surface area (Å²) in [5.41, 5.74) is -0.348. The Morgan fingerprint density at radius 2 is 1.69 bits per heavy atom. The second-order valence-corrected chi connectivity index (χ2v) is 5.40. The number of aliphatic hydroxyl groups is 1. The van der Waals surface area contributed by atoms with E-state index in [4.69, 9.17) is 0 Å². The van der Waals surface area contributed by atoms with Crippen LogP contribution in [0.2, 0.25) is 0 Å². The molecule has 1 aliphatic carbocycles. The molecule has 0 aromatic carbocycles. The third kappa shape index (κ3) is 5.64. The molecule has 1 fully saturated rings. The van der Waals surface area contributed by atoms with E-state index in [0.29, 0.717) is 5.78 Å². The van der Waals surface area contributed by atoms with E-state index in [1.807, 2.05) is 0 Å². The van der Waals surface area contributed by atoms with Gasteiger partial charge in [0.2, 0.25) is 0 Å². The van der Waals surface area contributed by atoms with Crippen molar-refractivity contribution in [2.45, 2.75) is 83.2 Å². The number of Topliss-reactive ketones (excluding diaryl/α,β-unsaturated/α-hetero) is 1. The van der Waals surface area contributed by atoms with Crippen molar-refractivity contribution in [2.75, 3.05) is 0 Å². The lowest BCUT2D eigenvalue weighted by molar-refractivity contribution is -0.117. The Morgan fingerprint density at radius 3 is 2.31 bits per heavy atom. The van der Waals surface area contributed by atoms with Crippen LogP contribution < -0.4 is 0 Å². The van der Waals surface area contributed by atoms with Gasteiger partial charge in [0, 0.05) is 6.42 Å². The number of hydrogen-bond donors (Lipinski definition) is 1. The first kappa shape index (κ1) is 13.7. The van der Waals surface area contributed by atoms with Gasteiger partial charge in [-0.25, -0.2) is 0 Å². The van der Waals surface area contributed by atoms with Crippen LogP contribution in [0.3, 0.4) is 0 Å². The van der Waals surface area contributed by atoms with Crippen LogP contribution >= 0.6 is 0 Å². The topological polar surface area (TPSA) is 37.3 Å². The molecule has 2 heteroatoms. The van der Waals surface area contributed by atoms with Crippen molar-refractivity contribution in [3.8, 4) is 0 Å². The van der Waals surface area contributed by atoms with Crippen LogP contribution in [-0.2, 0) is 4.79 Å². The molecule has 1 aliphatic rings. The fourth-order valence-corrected chi connectivity index (χ4v) is 2.64. The first-order valence-corrected chi connectivity index (χ1v) is 6.84. The number of carbonyl (C=O) groups is 1. The van der Waals surface area contributed by atoms with E-state index in [1.54, 1.807) is 6.92 Å². The van der Waals surface area contributed by atoms with Crippen LogP contribution in [0.15, 0.2) is 0 Å². The minimum absolute atomic E-state index is 0.297. The molecule has 94 valence electrons. The van der Waals surface area contributed by atoms with Crippen molar-refractivity contribution in [1.82, 2.24) is 0 Å². The summed E-state index contributed by atoms with van der Waals surface area (Å²) in [4.78, 5) is 10.7. The van der Waals surface area contributed by atoms with Gasteiger partial charge in [0.1, 0.15) is 5.78 Å². The Bertz CT molecular complexity index is 205. The highest BCUT2D eigenvalue weighted by atomic mass is 16.3. The summed E-state index contributed by atoms with van der Waals surface area (Å²) in [5, 5.41) is 10.3. The third-order valence-electron chi connectivity index (χ3n) is 3.71. The molecule has 2 nitrogen and oxygen atoms in total. The number of rotatable bonds is 7. The van der Waals surface area contributed by atoms with Gasteiger partial charge < -0.3 is 9.90 Å². The molecule has 0 amide bonds. The highest BCUT2D eigenvalue weighted by molar-refractivity contribution is 5.75. The first-order valence-electron chi connectivity index (χ1n) is 6.84. The van der Waals surface area contributed by atoms with Crippen molar-refractivity contribution in [2.24, 2.45) is 0 Å². The third-order valence-corrected chi connectivity index (χ3v) is 3.71. The lowest BCUT2D eigenvalue weighted by atomic mass is 9.81. The van der Waals surface area contributed by atoms with E-state index in [2.05, 4.69) is 0 Å². The Labute approximate surface area is 99.4 Å². The summed E-state index contributed by atoms with van der Waals surface area (Å²) in [6.07, 6.45) is 11.8. The van der Waals surface area contributed by atoms with E-state index in [0.717, 1.165) is 51.4 Å². The highest BCUT2D eigenvalue weighted by Crippen LogP contribution is 2.32. The molecule has 0 spiro atoms. The summed E-state index contributed by atoms with van der Waals surface area (Å²) < 4.78 is 0. The molecular weight excluding hydrogens is 200 g/mol. The lowest BCUT2D eigenvalue weighted by Gasteiger charge is -2.32. The van der Waals surface area contributed by atoms with E-state index in [-0.39, 0.29) is 5.60 Å². The minimum atomic E-state index is -0.348. The first-order chi connectivity index (χ1) is 7.62. The molecular formula is C14H26O2. The average molecular weight is 226 g/mol. The van der Waals surface area contributed by atoms with Crippen LogP contribution in [0.5, 0.6) is 0 Å². The maximum Gasteiger partial charge on any atom is 0.129 e. The minimum Gasteiger partial charge on any atom is -0.390 e. The molecule has 0 heterocycles. The summed E-state index contributed by atoms with van der Waals surface area (Å²) in [5.74, 6) is 0.297. The summed E-state index contributed by atoms with van der Waals surface area (Å²) in [7, 11) is 0. The van der Waals surface area contributed by atoms with E-state index in [1.165, 1.54) is 19.3 Å². The Morgan fingerprint density at radius 1 is 1.06 bits per heavy atom. The van der Waals surface area contributed by atoms with Gasteiger partial charge >= 0.3 is 0 Å². The van der Waals surface area contributed by atoms with Crippen molar-refractivity contribution in [1.29, 1.82) is 0 Å². The molecule has 0 bridgehead atoms. The van der Waals surface area contributed by atoms with Crippen molar-refractivity contribution < 1.29 is 9.90 Å². The van der Waals surface area contributed by atoms with E-state index >= 15 is 0 Å². The largest absolute Gasteiger partial charge is 0.390 e. The zero-order valence-electron chi connectivity index (χ0n) is 10.6. The van der Waals surface area contributed by atoms with Gasteiger partial charge in [-0.3, -0.25) is 0 Å². The molecule has 0 aliphatic heterocycles. The molecule has 1 N–H and O–H groups in total. The van der Waals surface area contributed by atoms with Crippen LogP contribution in [0.4, 0.5) is 0 Å². The summed E-state index contributed by atoms with van der Waals surface area (Å²) >= 11 is 0. The molecule has 0 atom stereocenters. The van der Waals surface area contributed by atoms with Gasteiger partial charge in [-0.1, -0.05) is 38.5 Å². The molecule has 0 radical (unpaired) electrons. The number of ketones is 1. The molecule has 0 saturated heterocycles. The summed E-state index contributed by atoms with van der Waals surface area (Å²) in [6, 6.07) is 0. The second kappa shape index (κ2) is 7.05. The van der Waals surface area contributed by atoms with E-state index < -0.39 is 0 Å². The predicted molar refractivity (Wildman–Crippen MR) is 66.4 cm³/mol. The number of unbranched alkanes of at least 4 members (excludes halogenated alkanes) is 3. The standard InChI is InChI=1S/C14H26O2/c1-13(15)9-5-2-3-6-10-14(16)11-7-4-8-12-14/h16H,2-12H2,1H3. The SMILES string of the molecule is CC(=O)CCCCCCC1(O)CCCCC1. The molecule has 0 unspecified atom stereocenters. The monoisotopic (exact) mass is 226 g/mol. The zero-order chi connectivity index (χ0) is 11.9. The fraction of sp³-hybridized carbons (Fsp3) is 0.929. The number of carbonyl (C=O) groups excluding carboxylic acids is 1. The lowest BCUT2D eigenvalue weighted by Crippen LogP contribution is -2.30. The van der Waals surface area contributed by atoms with Gasteiger partial charge in [-0.15, -0.1) is 0 Å². The van der Waals surface area contributed by atoms with Gasteiger partial charge in [-0.05, 0) is 32.6 Å². The smallest absolute Gasteiger partial charge is 0.129 e. The maximum atomic E-state index is 10.7. The Kier molecular flexibility index (Phi) is 6.04. The average Bonchev–Trinajstić information content (AvgIpc) is 2.24. The fourth-order valence-electron chi connectivity index (χ4n) is 2.64. The quantitative estimate of drug-likeness (QED) is 0.673. The Hall–Kier alpha value is -0.370. The molecule has 1 saturated carbocycles.